The maximum atomic E-state index is 2.57. The molecule has 0 aliphatic rings. The molecule has 0 aromatic heterocycles. The van der Waals surface area contributed by atoms with Gasteiger partial charge in [-0.15, -0.1) is 0 Å². The molecule has 0 unspecified atom stereocenters. The summed E-state index contributed by atoms with van der Waals surface area (Å²) in [7, 11) is 0. The van der Waals surface area contributed by atoms with E-state index in [0.29, 0.717) is 0 Å². The van der Waals surface area contributed by atoms with Gasteiger partial charge in [0, 0.05) is 88.6 Å². The summed E-state index contributed by atoms with van der Waals surface area (Å²) in [5.41, 5.74) is 20.4. The Hall–Kier alpha value is -16.0. The molecule has 0 fully saturated rings. The quantitative estimate of drug-likeness (QED) is 0.0627. The molecule has 0 atom stereocenters. The first-order chi connectivity index (χ1) is 61.7. The molecule has 0 saturated carbocycles. The zero-order valence-corrected chi connectivity index (χ0v) is 68.1. The summed E-state index contributed by atoms with van der Waals surface area (Å²) in [4.78, 5) is 9.96. The maximum absolute atomic E-state index is 2.57. The maximum Gasteiger partial charge on any atom is 0.246 e. The minimum atomic E-state index is -0.482. The van der Waals surface area contributed by atoms with Gasteiger partial charge in [0.05, 0.1) is 22.7 Å². The van der Waals surface area contributed by atoms with Crippen molar-refractivity contribution in [1.82, 2.24) is 0 Å². The van der Waals surface area contributed by atoms with Crippen LogP contribution in [0.1, 0.15) is 0 Å². The monoisotopic (exact) mass is 1570 g/mol. The van der Waals surface area contributed by atoms with E-state index in [2.05, 4.69) is 505 Å². The fourth-order valence-corrected chi connectivity index (χ4v) is 20.6. The Kier molecular flexibility index (Phi) is 18.5. The second-order valence-electron chi connectivity index (χ2n) is 32.3. The lowest BCUT2D eigenvalue weighted by Gasteiger charge is -2.33. The van der Waals surface area contributed by atoms with Crippen molar-refractivity contribution in [2.75, 3.05) is 19.6 Å². The van der Waals surface area contributed by atoms with Crippen molar-refractivity contribution in [2.24, 2.45) is 0 Å². The topological polar surface area (TPSA) is 13.0 Å². The molecule has 0 N–H and O–H groups in total. The van der Waals surface area contributed by atoms with Crippen LogP contribution in [0.3, 0.4) is 0 Å². The molecule has 0 amide bonds. The Labute approximate surface area is 722 Å². The van der Waals surface area contributed by atoms with Gasteiger partial charge in [-0.2, -0.15) is 0 Å². The molecule has 0 aliphatic heterocycles. The lowest BCUT2D eigenvalue weighted by molar-refractivity contribution is 1.31. The van der Waals surface area contributed by atoms with E-state index in [1.165, 1.54) is 48.9 Å². The molecule has 0 heterocycles. The molecule has 0 bridgehead atoms. The molecule has 0 aliphatic carbocycles. The first kappa shape index (κ1) is 73.2. The Bertz CT molecular complexity index is 7210. The fourth-order valence-electron chi connectivity index (χ4n) is 20.6. The van der Waals surface area contributed by atoms with E-state index < -0.39 is 13.4 Å². The fraction of sp³-hybridized carbons (Fsp3) is 0. The van der Waals surface area contributed by atoms with E-state index in [0.717, 1.165) is 160 Å². The first-order valence-electron chi connectivity index (χ1n) is 43.0. The SMILES string of the molecule is c1ccc(N(c2ccccc2)c2c3ccccc3c(B(c3cccc4c(B(c5c6ccccc6c(N(c6ccccc6)c6ccccc6)c6ccccc56)c5c6ccccc6c(N(c6ccccc6)c6ccccc6)c6ccccc56)c5ccccc5cc34)c3c4ccccc4c(N(c4ccccc4)c4ccccc4)c4ccccc34)c3ccccc23)cc1. The molecule has 23 aromatic carbocycles. The molecule has 0 spiro atoms. The summed E-state index contributed by atoms with van der Waals surface area (Å²) < 4.78 is 0. The minimum Gasteiger partial charge on any atom is -0.309 e. The third-order valence-corrected chi connectivity index (χ3v) is 25.5. The van der Waals surface area contributed by atoms with Crippen LogP contribution in [-0.4, -0.2) is 13.4 Å². The number of hydrogen-bond acceptors (Lipinski definition) is 4. The number of nitrogens with zero attached hydrogens (tertiary/aromatic N) is 4. The smallest absolute Gasteiger partial charge is 0.246 e. The highest BCUT2D eigenvalue weighted by Gasteiger charge is 2.40. The second-order valence-corrected chi connectivity index (χ2v) is 32.3. The summed E-state index contributed by atoms with van der Waals surface area (Å²) in [5, 5.41) is 23.1. The average molecular weight is 1580 g/mol. The summed E-state index contributed by atoms with van der Waals surface area (Å²) >= 11 is 0. The third-order valence-electron chi connectivity index (χ3n) is 25.5. The van der Waals surface area contributed by atoms with Gasteiger partial charge in [-0.3, -0.25) is 0 Å². The van der Waals surface area contributed by atoms with Crippen LogP contribution in [-0.2, 0) is 0 Å². The van der Waals surface area contributed by atoms with Crippen LogP contribution < -0.4 is 52.4 Å². The largest absolute Gasteiger partial charge is 0.309 e. The van der Waals surface area contributed by atoms with Crippen LogP contribution in [0.15, 0.2) is 485 Å². The van der Waals surface area contributed by atoms with Gasteiger partial charge in [0.25, 0.3) is 0 Å². The van der Waals surface area contributed by atoms with E-state index in [4.69, 9.17) is 0 Å². The van der Waals surface area contributed by atoms with Crippen molar-refractivity contribution in [3.05, 3.63) is 485 Å². The van der Waals surface area contributed by atoms with Crippen molar-refractivity contribution in [2.45, 2.75) is 0 Å². The lowest BCUT2D eigenvalue weighted by Crippen LogP contribution is -2.55. The minimum absolute atomic E-state index is 0.460. The number of para-hydroxylation sites is 8. The molecule has 6 heteroatoms. The summed E-state index contributed by atoms with van der Waals surface area (Å²) in [6.07, 6.45) is 0. The number of fused-ring (bicyclic) bond motifs is 10. The van der Waals surface area contributed by atoms with Crippen LogP contribution in [0.2, 0.25) is 0 Å². The molecule has 578 valence electrons. The number of anilines is 12. The summed E-state index contributed by atoms with van der Waals surface area (Å²) in [6, 6.07) is 181. The number of rotatable bonds is 18. The zero-order valence-electron chi connectivity index (χ0n) is 68.1. The average Bonchev–Trinajstić information content (AvgIpc) is 0.655. The van der Waals surface area contributed by atoms with Crippen molar-refractivity contribution in [3.8, 4) is 0 Å². The standard InChI is InChI=1S/C118H80B2N4/c1-9-45-82(46-10-1)121(83-47-11-2-12-48-83)115-100-70-35-27-62-91(100)111(92-63-28-36-71-101(92)115)119(112-93-64-29-37-72-102(93)116(103-73-38-30-65-94(103)112)122(84-49-13-3-14-50-84)85-51-15-4-16-52-85)109-79-43-78-99-108(109)80-81-44-25-26-61-90(81)110(99)120(113-95-66-31-39-74-104(95)117(105-75-40-32-67-96(105)113)123(86-53-17-5-18-54-86)87-55-19-6-20-56-87)114-97-68-33-41-76-106(97)118(107-77-42-34-69-98(107)114)124(88-57-21-7-22-58-88)89-59-23-8-24-60-89/h1-80H. The van der Waals surface area contributed by atoms with E-state index in [1.54, 1.807) is 0 Å². The molecule has 0 saturated heterocycles. The van der Waals surface area contributed by atoms with E-state index >= 15 is 0 Å². The predicted molar refractivity (Wildman–Crippen MR) is 535 cm³/mol. The predicted octanol–water partition coefficient (Wildman–Crippen LogP) is 28.1. The van der Waals surface area contributed by atoms with Gasteiger partial charge in [-0.25, -0.2) is 0 Å². The van der Waals surface area contributed by atoms with Gasteiger partial charge in [-0.05, 0) is 168 Å². The highest BCUT2D eigenvalue weighted by Crippen LogP contribution is 2.50. The Morgan fingerprint density at radius 1 is 0.121 bits per heavy atom. The number of hydrogen-bond donors (Lipinski definition) is 0. The molecule has 0 radical (unpaired) electrons. The van der Waals surface area contributed by atoms with Gasteiger partial charge in [0.2, 0.25) is 13.4 Å². The molecule has 23 aromatic rings. The highest BCUT2D eigenvalue weighted by molar-refractivity contribution is 7.05. The van der Waals surface area contributed by atoms with Crippen molar-refractivity contribution < 1.29 is 0 Å². The normalized spacial score (nSPS) is 11.5. The van der Waals surface area contributed by atoms with Crippen LogP contribution in [0.4, 0.5) is 68.2 Å². The van der Waals surface area contributed by atoms with Gasteiger partial charge in [0.1, 0.15) is 0 Å². The lowest BCUT2D eigenvalue weighted by atomic mass is 9.32. The van der Waals surface area contributed by atoms with Gasteiger partial charge >= 0.3 is 0 Å². The summed E-state index contributed by atoms with van der Waals surface area (Å²) in [6.45, 7) is -0.942. The third kappa shape index (κ3) is 12.2. The van der Waals surface area contributed by atoms with Crippen molar-refractivity contribution in [1.29, 1.82) is 0 Å². The molecule has 124 heavy (non-hydrogen) atoms. The van der Waals surface area contributed by atoms with Crippen molar-refractivity contribution in [3.63, 3.8) is 0 Å². The first-order valence-corrected chi connectivity index (χ1v) is 43.0. The Morgan fingerprint density at radius 3 is 0.508 bits per heavy atom. The molecular formula is C118H80B2N4. The highest BCUT2D eigenvalue weighted by atomic mass is 15.2. The van der Waals surface area contributed by atoms with Gasteiger partial charge in [-0.1, -0.05) is 415 Å². The van der Waals surface area contributed by atoms with E-state index in [9.17, 15) is 0 Å². The van der Waals surface area contributed by atoms with Gasteiger partial charge in [0.15, 0.2) is 0 Å². The Morgan fingerprint density at radius 2 is 0.282 bits per heavy atom. The van der Waals surface area contributed by atoms with E-state index in [1.807, 2.05) is 0 Å². The number of benzene rings is 23. The second kappa shape index (κ2) is 31.3. The van der Waals surface area contributed by atoms with Crippen LogP contribution in [0.25, 0.3) is 108 Å². The van der Waals surface area contributed by atoms with E-state index in [-0.39, 0.29) is 0 Å². The van der Waals surface area contributed by atoms with Crippen LogP contribution in [0, 0.1) is 0 Å². The van der Waals surface area contributed by atoms with Gasteiger partial charge < -0.3 is 19.6 Å². The Balaban J connectivity index is 0.902. The molecular weight excluding hydrogens is 1490 g/mol. The molecule has 4 nitrogen and oxygen atoms in total. The van der Waals surface area contributed by atoms with Crippen LogP contribution in [0.5, 0.6) is 0 Å². The molecule has 23 rings (SSSR count). The zero-order chi connectivity index (χ0) is 82.0. The van der Waals surface area contributed by atoms with Crippen LogP contribution >= 0.6 is 0 Å². The summed E-state index contributed by atoms with van der Waals surface area (Å²) in [5.74, 6) is 0. The van der Waals surface area contributed by atoms with Crippen molar-refractivity contribution >= 4 is 222 Å².